The van der Waals surface area contributed by atoms with Gasteiger partial charge in [-0.1, -0.05) is 31.9 Å². The van der Waals surface area contributed by atoms with Crippen molar-refractivity contribution >= 4 is 23.2 Å². The van der Waals surface area contributed by atoms with Crippen molar-refractivity contribution in [2.24, 2.45) is 18.9 Å². The highest BCUT2D eigenvalue weighted by Gasteiger charge is 2.30. The van der Waals surface area contributed by atoms with Crippen LogP contribution in [0.25, 0.3) is 0 Å². The summed E-state index contributed by atoms with van der Waals surface area (Å²) < 4.78 is 1.94. The van der Waals surface area contributed by atoms with Crippen molar-refractivity contribution in [3.8, 4) is 0 Å². The molecule has 0 amide bonds. The molecule has 0 aliphatic heterocycles. The van der Waals surface area contributed by atoms with Crippen LogP contribution in [0, 0.1) is 11.8 Å². The van der Waals surface area contributed by atoms with Crippen molar-refractivity contribution in [3.05, 3.63) is 16.4 Å². The number of hydrogen-bond donors (Lipinski definition) is 0. The normalized spacial score (nSPS) is 27.7. The predicted octanol–water partition coefficient (Wildman–Crippen LogP) is 4.61. The molecule has 4 heteroatoms. The summed E-state index contributed by atoms with van der Waals surface area (Å²) in [4.78, 5) is 0. The molecule has 0 spiro atoms. The minimum atomic E-state index is 0.291. The molecule has 3 unspecified atom stereocenters. The number of alkyl halides is 1. The zero-order chi connectivity index (χ0) is 14.0. The highest BCUT2D eigenvalue weighted by molar-refractivity contribution is 6.31. The number of aryl methyl sites for hydroxylation is 2. The van der Waals surface area contributed by atoms with Gasteiger partial charge in [-0.2, -0.15) is 5.10 Å². The monoisotopic (exact) mass is 302 g/mol. The van der Waals surface area contributed by atoms with E-state index in [2.05, 4.69) is 18.9 Å². The van der Waals surface area contributed by atoms with Crippen LogP contribution in [0.15, 0.2) is 0 Å². The van der Waals surface area contributed by atoms with Crippen molar-refractivity contribution in [1.29, 1.82) is 0 Å². The quantitative estimate of drug-likeness (QED) is 0.743. The SMILES string of the molecule is CCc1nn(C)c(CC2CC(CC)CCC2Cl)c1Cl. The minimum Gasteiger partial charge on any atom is -0.271 e. The molecule has 0 radical (unpaired) electrons. The van der Waals surface area contributed by atoms with Crippen LogP contribution < -0.4 is 0 Å². The summed E-state index contributed by atoms with van der Waals surface area (Å²) in [6.45, 7) is 4.37. The second-order valence-corrected chi connectivity index (χ2v) is 6.69. The van der Waals surface area contributed by atoms with Gasteiger partial charge in [0, 0.05) is 12.4 Å². The van der Waals surface area contributed by atoms with Gasteiger partial charge in [0.2, 0.25) is 0 Å². The fourth-order valence-corrected chi connectivity index (χ4v) is 3.89. The molecule has 2 rings (SSSR count). The van der Waals surface area contributed by atoms with Crippen LogP contribution in [0.2, 0.25) is 5.02 Å². The van der Waals surface area contributed by atoms with E-state index in [0.29, 0.717) is 11.3 Å². The Morgan fingerprint density at radius 2 is 2.05 bits per heavy atom. The van der Waals surface area contributed by atoms with E-state index in [1.807, 2.05) is 11.7 Å². The third-order valence-corrected chi connectivity index (χ3v) is 5.54. The minimum absolute atomic E-state index is 0.291. The molecule has 1 aromatic heterocycles. The maximum atomic E-state index is 6.53. The largest absolute Gasteiger partial charge is 0.271 e. The molecule has 1 heterocycles. The van der Waals surface area contributed by atoms with E-state index in [1.54, 1.807) is 0 Å². The zero-order valence-corrected chi connectivity index (χ0v) is 13.6. The first-order valence-corrected chi connectivity index (χ1v) is 8.22. The predicted molar refractivity (Wildman–Crippen MR) is 82.1 cm³/mol. The number of nitrogens with zero attached hydrogens (tertiary/aromatic N) is 2. The fraction of sp³-hybridized carbons (Fsp3) is 0.800. The maximum absolute atomic E-state index is 6.53. The summed E-state index contributed by atoms with van der Waals surface area (Å²) in [6, 6.07) is 0. The van der Waals surface area contributed by atoms with E-state index in [9.17, 15) is 0 Å². The molecular weight excluding hydrogens is 279 g/mol. The van der Waals surface area contributed by atoms with E-state index in [-0.39, 0.29) is 0 Å². The third kappa shape index (κ3) is 3.28. The van der Waals surface area contributed by atoms with Gasteiger partial charge in [0.1, 0.15) is 0 Å². The number of rotatable bonds is 4. The molecule has 0 saturated heterocycles. The van der Waals surface area contributed by atoms with Gasteiger partial charge in [-0.3, -0.25) is 4.68 Å². The summed E-state index contributed by atoms with van der Waals surface area (Å²) in [6.07, 6.45) is 6.76. The average Bonchev–Trinajstić information content (AvgIpc) is 2.68. The van der Waals surface area contributed by atoms with Gasteiger partial charge in [0.25, 0.3) is 0 Å². The second kappa shape index (κ2) is 6.49. The van der Waals surface area contributed by atoms with Gasteiger partial charge in [0.05, 0.1) is 16.4 Å². The molecule has 0 aromatic carbocycles. The number of aromatic nitrogens is 2. The van der Waals surface area contributed by atoms with Crippen LogP contribution >= 0.6 is 23.2 Å². The van der Waals surface area contributed by atoms with Crippen LogP contribution in [-0.4, -0.2) is 15.2 Å². The van der Waals surface area contributed by atoms with Crippen LogP contribution in [-0.2, 0) is 19.9 Å². The van der Waals surface area contributed by atoms with Gasteiger partial charge in [0.15, 0.2) is 0 Å². The Morgan fingerprint density at radius 3 is 2.63 bits per heavy atom. The third-order valence-electron chi connectivity index (χ3n) is 4.53. The van der Waals surface area contributed by atoms with E-state index in [1.165, 1.54) is 19.3 Å². The molecular formula is C15H24Cl2N2. The summed E-state index contributed by atoms with van der Waals surface area (Å²) in [5.74, 6) is 1.37. The van der Waals surface area contributed by atoms with Crippen molar-refractivity contribution in [2.75, 3.05) is 0 Å². The Balaban J connectivity index is 2.13. The molecule has 1 aliphatic rings. The second-order valence-electron chi connectivity index (χ2n) is 5.75. The lowest BCUT2D eigenvalue weighted by Crippen LogP contribution is -2.27. The first kappa shape index (κ1) is 15.2. The lowest BCUT2D eigenvalue weighted by molar-refractivity contribution is 0.262. The first-order chi connectivity index (χ1) is 9.06. The Bertz CT molecular complexity index is 428. The number of halogens is 2. The van der Waals surface area contributed by atoms with E-state index in [0.717, 1.165) is 41.6 Å². The van der Waals surface area contributed by atoms with E-state index >= 15 is 0 Å². The van der Waals surface area contributed by atoms with E-state index < -0.39 is 0 Å². The number of hydrogen-bond acceptors (Lipinski definition) is 1. The van der Waals surface area contributed by atoms with Crippen LogP contribution in [0.4, 0.5) is 0 Å². The van der Waals surface area contributed by atoms with Gasteiger partial charge < -0.3 is 0 Å². The van der Waals surface area contributed by atoms with Crippen molar-refractivity contribution in [2.45, 2.75) is 57.7 Å². The van der Waals surface area contributed by atoms with Crippen molar-refractivity contribution in [3.63, 3.8) is 0 Å². The smallest absolute Gasteiger partial charge is 0.0849 e. The molecule has 0 N–H and O–H groups in total. The van der Waals surface area contributed by atoms with Crippen molar-refractivity contribution in [1.82, 2.24) is 9.78 Å². The Morgan fingerprint density at radius 1 is 1.32 bits per heavy atom. The van der Waals surface area contributed by atoms with Gasteiger partial charge in [-0.15, -0.1) is 11.6 Å². The molecule has 2 nitrogen and oxygen atoms in total. The Labute approximate surface area is 126 Å². The highest BCUT2D eigenvalue weighted by Crippen LogP contribution is 2.37. The summed E-state index contributed by atoms with van der Waals surface area (Å²) in [7, 11) is 1.99. The lowest BCUT2D eigenvalue weighted by atomic mass is 9.78. The first-order valence-electron chi connectivity index (χ1n) is 7.41. The topological polar surface area (TPSA) is 17.8 Å². The molecule has 19 heavy (non-hydrogen) atoms. The summed E-state index contributed by atoms with van der Waals surface area (Å²) in [5.41, 5.74) is 2.17. The Kier molecular flexibility index (Phi) is 5.19. The Hall–Kier alpha value is -0.210. The maximum Gasteiger partial charge on any atom is 0.0849 e. The lowest BCUT2D eigenvalue weighted by Gasteiger charge is -2.32. The van der Waals surface area contributed by atoms with Crippen LogP contribution in [0.3, 0.4) is 0 Å². The highest BCUT2D eigenvalue weighted by atomic mass is 35.5. The van der Waals surface area contributed by atoms with Crippen molar-refractivity contribution < 1.29 is 0 Å². The molecule has 1 fully saturated rings. The van der Waals surface area contributed by atoms with Gasteiger partial charge >= 0.3 is 0 Å². The van der Waals surface area contributed by atoms with Crippen LogP contribution in [0.5, 0.6) is 0 Å². The van der Waals surface area contributed by atoms with Crippen LogP contribution in [0.1, 0.15) is 50.9 Å². The molecule has 1 aliphatic carbocycles. The fourth-order valence-electron chi connectivity index (χ4n) is 3.20. The molecule has 108 valence electrons. The van der Waals surface area contributed by atoms with E-state index in [4.69, 9.17) is 23.2 Å². The standard InChI is InChI=1S/C15H24Cl2N2/c1-4-10-6-7-12(16)11(8-10)9-14-15(17)13(5-2)18-19(14)3/h10-12H,4-9H2,1-3H3. The van der Waals surface area contributed by atoms with Gasteiger partial charge in [-0.05, 0) is 43.9 Å². The molecule has 0 bridgehead atoms. The average molecular weight is 303 g/mol. The zero-order valence-electron chi connectivity index (χ0n) is 12.1. The summed E-state index contributed by atoms with van der Waals surface area (Å²) in [5, 5.41) is 5.64. The molecule has 1 aromatic rings. The van der Waals surface area contributed by atoms with Gasteiger partial charge in [-0.25, -0.2) is 0 Å². The molecule has 3 atom stereocenters. The molecule has 1 saturated carbocycles. The summed E-state index contributed by atoms with van der Waals surface area (Å²) >= 11 is 13.0.